The average molecular weight is 570 g/mol. The van der Waals surface area contributed by atoms with Crippen molar-refractivity contribution in [2.75, 3.05) is 5.32 Å². The molecule has 0 aliphatic heterocycles. The fraction of sp³-hybridized carbons (Fsp3) is 0.531. The summed E-state index contributed by atoms with van der Waals surface area (Å²) >= 11 is 6.48. The van der Waals surface area contributed by atoms with Crippen molar-refractivity contribution < 1.29 is 19.1 Å². The Labute approximate surface area is 244 Å². The summed E-state index contributed by atoms with van der Waals surface area (Å²) in [5.74, 6) is -0.821. The Morgan fingerprint density at radius 2 is 1.70 bits per heavy atom. The molecule has 40 heavy (non-hydrogen) atoms. The van der Waals surface area contributed by atoms with E-state index < -0.39 is 23.8 Å². The molecule has 0 saturated heterocycles. The van der Waals surface area contributed by atoms with Gasteiger partial charge in [0, 0.05) is 6.04 Å². The Morgan fingerprint density at radius 3 is 2.20 bits per heavy atom. The van der Waals surface area contributed by atoms with E-state index in [9.17, 15) is 14.4 Å². The molecule has 0 spiro atoms. The van der Waals surface area contributed by atoms with E-state index in [-0.39, 0.29) is 23.8 Å². The average Bonchev–Trinajstić information content (AvgIpc) is 2.80. The molecule has 3 unspecified atom stereocenters. The number of hydrogen-bond donors (Lipinski definition) is 2. The minimum atomic E-state index is -0.918. The first-order chi connectivity index (χ1) is 18.7. The van der Waals surface area contributed by atoms with Crippen molar-refractivity contribution in [3.8, 4) is 0 Å². The van der Waals surface area contributed by atoms with Gasteiger partial charge in [0.1, 0.15) is 17.7 Å². The molecule has 7 nitrogen and oxygen atoms in total. The van der Waals surface area contributed by atoms with Crippen LogP contribution in [0.2, 0.25) is 5.02 Å². The van der Waals surface area contributed by atoms with Crippen LogP contribution in [0.4, 0.5) is 10.5 Å². The predicted octanol–water partition coefficient (Wildman–Crippen LogP) is 7.27. The second-order valence-electron chi connectivity index (χ2n) is 12.1. The molecule has 2 aromatic carbocycles. The first kappa shape index (κ1) is 31.5. The number of nitrogens with zero attached hydrogens (tertiary/aromatic N) is 1. The van der Waals surface area contributed by atoms with Gasteiger partial charge in [0.05, 0.1) is 10.7 Å². The summed E-state index contributed by atoms with van der Waals surface area (Å²) in [6.07, 6.45) is 2.53. The summed E-state index contributed by atoms with van der Waals surface area (Å²) in [7, 11) is 0. The van der Waals surface area contributed by atoms with Gasteiger partial charge in [-0.1, -0.05) is 73.3 Å². The Morgan fingerprint density at radius 1 is 1.07 bits per heavy atom. The molecule has 1 aliphatic rings. The number of nitrogens with one attached hydrogen (secondary N) is 2. The first-order valence-corrected chi connectivity index (χ1v) is 14.6. The van der Waals surface area contributed by atoms with Gasteiger partial charge < -0.3 is 20.3 Å². The van der Waals surface area contributed by atoms with Crippen LogP contribution in [0.1, 0.15) is 88.6 Å². The Balaban J connectivity index is 2.10. The van der Waals surface area contributed by atoms with E-state index in [1.807, 2.05) is 65.0 Å². The van der Waals surface area contributed by atoms with Crippen LogP contribution in [0.25, 0.3) is 0 Å². The van der Waals surface area contributed by atoms with Crippen molar-refractivity contribution in [3.63, 3.8) is 0 Å². The lowest BCUT2D eigenvalue weighted by Gasteiger charge is -2.44. The topological polar surface area (TPSA) is 87.7 Å². The Bertz CT molecular complexity index is 1190. The maximum Gasteiger partial charge on any atom is 0.408 e. The standard InChI is InChI=1S/C32H44ClN3O4/c1-9-21(4)27(35-31(39)40-32(6,7)8)30(38)36(24-13-11-14-24)28(23-17-19(2)16-20(3)18-23)29(37)34-26-22(5)12-10-15-25(26)33/h10,12,15-18,21,24,27-28H,9,11,13-14H2,1-8H3,(H,34,37)(H,35,39). The maximum atomic E-state index is 14.5. The molecule has 0 heterocycles. The zero-order valence-corrected chi connectivity index (χ0v) is 25.8. The van der Waals surface area contributed by atoms with Gasteiger partial charge in [-0.2, -0.15) is 0 Å². The molecule has 1 saturated carbocycles. The number of ether oxygens (including phenoxy) is 1. The minimum absolute atomic E-state index is 0.136. The van der Waals surface area contributed by atoms with E-state index in [1.165, 1.54) is 0 Å². The van der Waals surface area contributed by atoms with E-state index in [0.717, 1.165) is 41.5 Å². The van der Waals surface area contributed by atoms with Crippen molar-refractivity contribution in [2.45, 2.75) is 105 Å². The monoisotopic (exact) mass is 569 g/mol. The van der Waals surface area contributed by atoms with Crippen LogP contribution in [0.5, 0.6) is 0 Å². The number of aryl methyl sites for hydroxylation is 3. The van der Waals surface area contributed by atoms with Gasteiger partial charge >= 0.3 is 6.09 Å². The van der Waals surface area contributed by atoms with Gasteiger partial charge in [0.15, 0.2) is 0 Å². The smallest absolute Gasteiger partial charge is 0.408 e. The number of hydrogen-bond acceptors (Lipinski definition) is 4. The van der Waals surface area contributed by atoms with Crippen LogP contribution in [0.3, 0.4) is 0 Å². The van der Waals surface area contributed by atoms with Crippen molar-refractivity contribution in [3.05, 3.63) is 63.7 Å². The molecule has 8 heteroatoms. The maximum absolute atomic E-state index is 14.5. The number of halogens is 1. The lowest BCUT2D eigenvalue weighted by Crippen LogP contribution is -2.58. The van der Waals surface area contributed by atoms with Gasteiger partial charge in [-0.15, -0.1) is 0 Å². The third-order valence-electron chi connectivity index (χ3n) is 7.43. The molecule has 2 N–H and O–H groups in total. The third-order valence-corrected chi connectivity index (χ3v) is 7.75. The van der Waals surface area contributed by atoms with Crippen molar-refractivity contribution >= 4 is 35.2 Å². The minimum Gasteiger partial charge on any atom is -0.444 e. The van der Waals surface area contributed by atoms with Crippen LogP contribution in [0, 0.1) is 26.7 Å². The van der Waals surface area contributed by atoms with Crippen molar-refractivity contribution in [1.82, 2.24) is 10.2 Å². The van der Waals surface area contributed by atoms with Crippen LogP contribution in [0.15, 0.2) is 36.4 Å². The first-order valence-electron chi connectivity index (χ1n) is 14.2. The van der Waals surface area contributed by atoms with E-state index in [4.69, 9.17) is 16.3 Å². The van der Waals surface area contributed by atoms with Gasteiger partial charge in [-0.05, 0) is 83.9 Å². The zero-order valence-electron chi connectivity index (χ0n) is 25.1. The third kappa shape index (κ3) is 7.78. The second-order valence-corrected chi connectivity index (χ2v) is 12.5. The van der Waals surface area contributed by atoms with E-state index in [0.29, 0.717) is 17.1 Å². The van der Waals surface area contributed by atoms with E-state index >= 15 is 0 Å². The fourth-order valence-corrected chi connectivity index (χ4v) is 5.32. The molecule has 218 valence electrons. The van der Waals surface area contributed by atoms with Gasteiger partial charge in [-0.25, -0.2) is 4.79 Å². The summed E-state index contributed by atoms with van der Waals surface area (Å²) < 4.78 is 5.51. The molecule has 1 aliphatic carbocycles. The normalized spacial score (nSPS) is 15.8. The summed E-state index contributed by atoms with van der Waals surface area (Å²) in [6, 6.07) is 9.48. The highest BCUT2D eigenvalue weighted by atomic mass is 35.5. The fourth-order valence-electron chi connectivity index (χ4n) is 5.05. The number of benzene rings is 2. The molecule has 3 rings (SSSR count). The highest BCUT2D eigenvalue weighted by Gasteiger charge is 2.43. The molecule has 3 atom stereocenters. The van der Waals surface area contributed by atoms with Crippen LogP contribution < -0.4 is 10.6 Å². The number of carbonyl (C=O) groups excluding carboxylic acids is 3. The van der Waals surface area contributed by atoms with Crippen LogP contribution in [-0.2, 0) is 14.3 Å². The molecule has 0 aromatic heterocycles. The highest BCUT2D eigenvalue weighted by Crippen LogP contribution is 2.36. The second kappa shape index (κ2) is 13.1. The van der Waals surface area contributed by atoms with Gasteiger partial charge in [0.25, 0.3) is 5.91 Å². The molecular formula is C32H44ClN3O4. The molecular weight excluding hydrogens is 526 g/mol. The summed E-state index contributed by atoms with van der Waals surface area (Å²) in [6.45, 7) is 15.1. The quantitative estimate of drug-likeness (QED) is 0.332. The summed E-state index contributed by atoms with van der Waals surface area (Å²) in [4.78, 5) is 43.3. The van der Waals surface area contributed by atoms with Crippen molar-refractivity contribution in [1.29, 1.82) is 0 Å². The van der Waals surface area contributed by atoms with E-state index in [2.05, 4.69) is 10.6 Å². The Kier molecular flexibility index (Phi) is 10.3. The number of amides is 3. The molecule has 1 fully saturated rings. The van der Waals surface area contributed by atoms with Gasteiger partial charge in [0.2, 0.25) is 5.91 Å². The zero-order chi connectivity index (χ0) is 29.8. The SMILES string of the molecule is CCC(C)C(NC(=O)OC(C)(C)C)C(=O)N(C1CCC1)C(C(=O)Nc1c(C)cccc1Cl)c1cc(C)cc(C)c1. The lowest BCUT2D eigenvalue weighted by atomic mass is 9.86. The highest BCUT2D eigenvalue weighted by molar-refractivity contribution is 6.34. The summed E-state index contributed by atoms with van der Waals surface area (Å²) in [5.41, 5.74) is 3.34. The van der Waals surface area contributed by atoms with Crippen LogP contribution >= 0.6 is 11.6 Å². The number of carbonyl (C=O) groups is 3. The largest absolute Gasteiger partial charge is 0.444 e. The lowest BCUT2D eigenvalue weighted by molar-refractivity contribution is -0.147. The predicted molar refractivity (Wildman–Crippen MR) is 161 cm³/mol. The molecule has 0 bridgehead atoms. The van der Waals surface area contributed by atoms with Crippen LogP contribution in [-0.4, -0.2) is 40.5 Å². The molecule has 2 aromatic rings. The molecule has 0 radical (unpaired) electrons. The molecule has 3 amide bonds. The van der Waals surface area contributed by atoms with Crippen molar-refractivity contribution in [2.24, 2.45) is 5.92 Å². The number of rotatable bonds is 9. The van der Waals surface area contributed by atoms with E-state index in [1.54, 1.807) is 31.7 Å². The van der Waals surface area contributed by atoms with Gasteiger partial charge in [-0.3, -0.25) is 9.59 Å². The summed E-state index contributed by atoms with van der Waals surface area (Å²) in [5, 5.41) is 6.30. The number of para-hydroxylation sites is 1. The Hall–Kier alpha value is -3.06. The number of anilines is 1. The number of alkyl carbamates (subject to hydrolysis) is 1.